The van der Waals surface area contributed by atoms with E-state index in [2.05, 4.69) is 15.4 Å². The number of ether oxygens (including phenoxy) is 1. The van der Waals surface area contributed by atoms with E-state index in [-0.39, 0.29) is 29.9 Å². The van der Waals surface area contributed by atoms with E-state index in [0.717, 1.165) is 6.07 Å². The Kier molecular flexibility index (Phi) is 7.15. The van der Waals surface area contributed by atoms with E-state index in [1.807, 2.05) is 13.8 Å². The number of rotatable bonds is 8. The van der Waals surface area contributed by atoms with Crippen LogP contribution in [0.5, 0.6) is 5.75 Å². The number of hydrogen-bond acceptors (Lipinski definition) is 3. The first kappa shape index (κ1) is 19.1. The second kappa shape index (κ2) is 8.61. The van der Waals surface area contributed by atoms with Crippen molar-refractivity contribution < 1.29 is 27.8 Å². The summed E-state index contributed by atoms with van der Waals surface area (Å²) in [6.45, 7) is 0.672. The van der Waals surface area contributed by atoms with E-state index in [4.69, 9.17) is 5.11 Å². The second-order valence-electron chi connectivity index (χ2n) is 5.77. The van der Waals surface area contributed by atoms with Crippen molar-refractivity contribution in [3.05, 3.63) is 29.6 Å². The number of alkyl halides is 2. The van der Waals surface area contributed by atoms with E-state index in [1.165, 1.54) is 12.1 Å². The van der Waals surface area contributed by atoms with Gasteiger partial charge in [-0.2, -0.15) is 8.78 Å². The molecule has 0 unspecified atom stereocenters. The van der Waals surface area contributed by atoms with Gasteiger partial charge in [-0.15, -0.1) is 0 Å². The lowest BCUT2D eigenvalue weighted by Crippen LogP contribution is -2.40. The van der Waals surface area contributed by atoms with Crippen molar-refractivity contribution in [3.8, 4) is 5.75 Å². The zero-order chi connectivity index (χ0) is 17.5. The molecule has 0 radical (unpaired) electrons. The summed E-state index contributed by atoms with van der Waals surface area (Å²) < 4.78 is 42.5. The number of nitrogens with one attached hydrogen (secondary N) is 2. The van der Waals surface area contributed by atoms with Gasteiger partial charge < -0.3 is 20.5 Å². The molecule has 0 atom stereocenters. The lowest BCUT2D eigenvalue weighted by molar-refractivity contribution is -0.0506. The van der Waals surface area contributed by atoms with Gasteiger partial charge >= 0.3 is 12.6 Å². The van der Waals surface area contributed by atoms with Crippen molar-refractivity contribution in [2.75, 3.05) is 13.2 Å². The molecular weight excluding hydrogens is 313 g/mol. The fourth-order valence-electron chi connectivity index (χ4n) is 1.86. The standard InChI is InChI=1S/C15H21F3N2O3/c1-15(2,6-7-21)9-20-14(22)19-8-10-11(16)4-3-5-12(10)23-13(17)18/h3-5,13,21H,6-9H2,1-2H3,(H2,19,20,22). The number of amides is 2. The van der Waals surface area contributed by atoms with Crippen LogP contribution in [0.3, 0.4) is 0 Å². The van der Waals surface area contributed by atoms with Crippen molar-refractivity contribution in [2.45, 2.75) is 33.4 Å². The van der Waals surface area contributed by atoms with Crippen molar-refractivity contribution in [2.24, 2.45) is 5.41 Å². The summed E-state index contributed by atoms with van der Waals surface area (Å²) >= 11 is 0. The first-order chi connectivity index (χ1) is 10.7. The molecule has 0 aliphatic carbocycles. The summed E-state index contributed by atoms with van der Waals surface area (Å²) in [7, 11) is 0. The number of hydrogen-bond donors (Lipinski definition) is 3. The minimum atomic E-state index is -3.08. The number of urea groups is 1. The van der Waals surface area contributed by atoms with Crippen molar-refractivity contribution in [1.29, 1.82) is 0 Å². The lowest BCUT2D eigenvalue weighted by atomic mass is 9.90. The summed E-state index contributed by atoms with van der Waals surface area (Å²) in [5, 5.41) is 13.9. The van der Waals surface area contributed by atoms with Crippen LogP contribution in [0.15, 0.2) is 18.2 Å². The van der Waals surface area contributed by atoms with Crippen LogP contribution in [0.1, 0.15) is 25.8 Å². The molecule has 0 spiro atoms. The van der Waals surface area contributed by atoms with Gasteiger partial charge in [0.15, 0.2) is 0 Å². The summed E-state index contributed by atoms with van der Waals surface area (Å²) in [4.78, 5) is 11.7. The van der Waals surface area contributed by atoms with Crippen LogP contribution in [0.25, 0.3) is 0 Å². The molecule has 23 heavy (non-hydrogen) atoms. The zero-order valence-electron chi connectivity index (χ0n) is 13.0. The molecule has 0 fully saturated rings. The zero-order valence-corrected chi connectivity index (χ0v) is 13.0. The highest BCUT2D eigenvalue weighted by Gasteiger charge is 2.19. The molecule has 0 aromatic heterocycles. The Morgan fingerprint density at radius 1 is 1.35 bits per heavy atom. The van der Waals surface area contributed by atoms with Crippen LogP contribution in [0.4, 0.5) is 18.0 Å². The first-order valence-electron chi connectivity index (χ1n) is 7.10. The molecule has 0 heterocycles. The van der Waals surface area contributed by atoms with Gasteiger partial charge in [-0.25, -0.2) is 9.18 Å². The van der Waals surface area contributed by atoms with Crippen molar-refractivity contribution in [1.82, 2.24) is 10.6 Å². The Balaban J connectivity index is 2.59. The molecule has 1 rings (SSSR count). The molecular formula is C15H21F3N2O3. The molecule has 5 nitrogen and oxygen atoms in total. The Morgan fingerprint density at radius 2 is 2.04 bits per heavy atom. The predicted octanol–water partition coefficient (Wildman–Crippen LogP) is 2.63. The topological polar surface area (TPSA) is 70.6 Å². The third kappa shape index (κ3) is 6.77. The number of halogens is 3. The van der Waals surface area contributed by atoms with Gasteiger partial charge in [0, 0.05) is 18.7 Å². The fourth-order valence-corrected chi connectivity index (χ4v) is 1.86. The molecule has 0 aliphatic heterocycles. The van der Waals surface area contributed by atoms with E-state index in [9.17, 15) is 18.0 Å². The Labute approximate surface area is 132 Å². The first-order valence-corrected chi connectivity index (χ1v) is 7.10. The summed E-state index contributed by atoms with van der Waals surface area (Å²) in [6.07, 6.45) is 0.507. The smallest absolute Gasteiger partial charge is 0.387 e. The number of aliphatic hydroxyl groups excluding tert-OH is 1. The Morgan fingerprint density at radius 3 is 2.65 bits per heavy atom. The molecule has 130 valence electrons. The maximum absolute atomic E-state index is 13.7. The van der Waals surface area contributed by atoms with Gasteiger partial charge in [-0.3, -0.25) is 0 Å². The van der Waals surface area contributed by atoms with Crippen LogP contribution in [-0.2, 0) is 6.54 Å². The van der Waals surface area contributed by atoms with Crippen LogP contribution >= 0.6 is 0 Å². The highest BCUT2D eigenvalue weighted by molar-refractivity contribution is 5.73. The van der Waals surface area contributed by atoms with E-state index < -0.39 is 18.5 Å². The second-order valence-corrected chi connectivity index (χ2v) is 5.77. The fraction of sp³-hybridized carbons (Fsp3) is 0.533. The minimum absolute atomic E-state index is 0.000146. The average molecular weight is 334 g/mol. The van der Waals surface area contributed by atoms with Gasteiger partial charge in [-0.1, -0.05) is 19.9 Å². The molecule has 0 bridgehead atoms. The van der Waals surface area contributed by atoms with Gasteiger partial charge in [0.2, 0.25) is 0 Å². The van der Waals surface area contributed by atoms with Crippen molar-refractivity contribution in [3.63, 3.8) is 0 Å². The highest BCUT2D eigenvalue weighted by Crippen LogP contribution is 2.23. The number of carbonyl (C=O) groups is 1. The molecule has 1 aromatic rings. The third-order valence-electron chi connectivity index (χ3n) is 3.23. The van der Waals surface area contributed by atoms with Gasteiger partial charge in [0.25, 0.3) is 0 Å². The molecule has 0 aliphatic rings. The highest BCUT2D eigenvalue weighted by atomic mass is 19.3. The minimum Gasteiger partial charge on any atom is -0.434 e. The number of carbonyl (C=O) groups excluding carboxylic acids is 1. The van der Waals surface area contributed by atoms with Crippen molar-refractivity contribution >= 4 is 6.03 Å². The summed E-state index contributed by atoms with van der Waals surface area (Å²) in [5.74, 6) is -1.06. The molecule has 3 N–H and O–H groups in total. The summed E-state index contributed by atoms with van der Waals surface area (Å²) in [5.41, 5.74) is -0.453. The van der Waals surface area contributed by atoms with E-state index >= 15 is 0 Å². The van der Waals surface area contributed by atoms with Crippen LogP contribution < -0.4 is 15.4 Å². The maximum Gasteiger partial charge on any atom is 0.387 e. The quantitative estimate of drug-likeness (QED) is 0.684. The van der Waals surface area contributed by atoms with Crippen LogP contribution in [0.2, 0.25) is 0 Å². The number of aliphatic hydroxyl groups is 1. The van der Waals surface area contributed by atoms with E-state index in [0.29, 0.717) is 13.0 Å². The molecule has 0 saturated carbocycles. The lowest BCUT2D eigenvalue weighted by Gasteiger charge is -2.24. The normalized spacial score (nSPS) is 11.4. The van der Waals surface area contributed by atoms with Gasteiger partial charge in [0.1, 0.15) is 11.6 Å². The monoisotopic (exact) mass is 334 g/mol. The summed E-state index contributed by atoms with van der Waals surface area (Å²) in [6, 6.07) is 2.97. The molecule has 1 aromatic carbocycles. The maximum atomic E-state index is 13.7. The predicted molar refractivity (Wildman–Crippen MR) is 78.8 cm³/mol. The Hall–Kier alpha value is -1.96. The third-order valence-corrected chi connectivity index (χ3v) is 3.23. The largest absolute Gasteiger partial charge is 0.434 e. The van der Waals surface area contributed by atoms with E-state index in [1.54, 1.807) is 0 Å². The van der Waals surface area contributed by atoms with Gasteiger partial charge in [-0.05, 0) is 24.0 Å². The van der Waals surface area contributed by atoms with Crippen LogP contribution in [0, 0.1) is 11.2 Å². The molecule has 2 amide bonds. The number of benzene rings is 1. The average Bonchev–Trinajstić information content (AvgIpc) is 2.44. The Bertz CT molecular complexity index is 525. The van der Waals surface area contributed by atoms with Gasteiger partial charge in [0.05, 0.1) is 6.54 Å². The molecule has 0 saturated heterocycles. The SMILES string of the molecule is CC(C)(CCO)CNC(=O)NCc1c(F)cccc1OC(F)F. The molecule has 8 heteroatoms. The van der Waals surface area contributed by atoms with Crippen LogP contribution in [-0.4, -0.2) is 30.9 Å².